The Morgan fingerprint density at radius 2 is 2.00 bits per heavy atom. The SMILES string of the molecule is CC(C)C(=O)N1CCCC12CN([C@H](C(N)=O)[C@@H](N)O)C2=O. The van der Waals surface area contributed by atoms with Gasteiger partial charge in [-0.05, 0) is 12.8 Å². The van der Waals surface area contributed by atoms with E-state index < -0.39 is 23.7 Å². The lowest BCUT2D eigenvalue weighted by molar-refractivity contribution is -0.177. The number of hydrogen-bond acceptors (Lipinski definition) is 5. The maximum Gasteiger partial charge on any atom is 0.251 e. The molecule has 21 heavy (non-hydrogen) atoms. The summed E-state index contributed by atoms with van der Waals surface area (Å²) in [6.45, 7) is 4.28. The minimum Gasteiger partial charge on any atom is -0.376 e. The summed E-state index contributed by atoms with van der Waals surface area (Å²) >= 11 is 0. The van der Waals surface area contributed by atoms with E-state index in [0.29, 0.717) is 13.0 Å². The molecule has 0 aromatic carbocycles. The van der Waals surface area contributed by atoms with Gasteiger partial charge in [-0.2, -0.15) is 0 Å². The van der Waals surface area contributed by atoms with Gasteiger partial charge in [0.15, 0.2) is 0 Å². The lowest BCUT2D eigenvalue weighted by atomic mass is 9.83. The van der Waals surface area contributed by atoms with Crippen molar-refractivity contribution in [2.24, 2.45) is 17.4 Å². The molecule has 2 aliphatic rings. The van der Waals surface area contributed by atoms with Crippen LogP contribution in [-0.4, -0.2) is 63.5 Å². The maximum absolute atomic E-state index is 12.5. The number of primary amides is 1. The lowest BCUT2D eigenvalue weighted by Crippen LogP contribution is -2.77. The summed E-state index contributed by atoms with van der Waals surface area (Å²) in [5.74, 6) is -1.49. The van der Waals surface area contributed by atoms with Gasteiger partial charge in [0.2, 0.25) is 11.8 Å². The predicted octanol–water partition coefficient (Wildman–Crippen LogP) is -2.02. The van der Waals surface area contributed by atoms with Gasteiger partial charge in [0, 0.05) is 12.5 Å². The van der Waals surface area contributed by atoms with E-state index >= 15 is 0 Å². The highest BCUT2D eigenvalue weighted by atomic mass is 16.3. The zero-order valence-electron chi connectivity index (χ0n) is 12.3. The van der Waals surface area contributed by atoms with Crippen molar-refractivity contribution in [2.45, 2.75) is 44.5 Å². The van der Waals surface area contributed by atoms with Crippen molar-refractivity contribution in [1.82, 2.24) is 9.80 Å². The van der Waals surface area contributed by atoms with Crippen molar-refractivity contribution >= 4 is 17.7 Å². The topological polar surface area (TPSA) is 130 Å². The summed E-state index contributed by atoms with van der Waals surface area (Å²) in [6, 6.07) is -1.25. The highest BCUT2D eigenvalue weighted by molar-refractivity contribution is 6.00. The molecule has 0 aromatic heterocycles. The summed E-state index contributed by atoms with van der Waals surface area (Å²) in [5.41, 5.74) is 9.62. The number of hydrogen-bond donors (Lipinski definition) is 3. The van der Waals surface area contributed by atoms with Crippen LogP contribution in [0.3, 0.4) is 0 Å². The molecule has 0 aromatic rings. The van der Waals surface area contributed by atoms with Crippen LogP contribution >= 0.6 is 0 Å². The zero-order valence-corrected chi connectivity index (χ0v) is 12.3. The van der Waals surface area contributed by atoms with Crippen molar-refractivity contribution in [1.29, 1.82) is 0 Å². The smallest absolute Gasteiger partial charge is 0.251 e. The third kappa shape index (κ3) is 2.28. The van der Waals surface area contributed by atoms with Crippen LogP contribution < -0.4 is 11.5 Å². The number of rotatable bonds is 4. The summed E-state index contributed by atoms with van der Waals surface area (Å²) in [5, 5.41) is 9.43. The van der Waals surface area contributed by atoms with Crippen LogP contribution in [0.2, 0.25) is 0 Å². The zero-order chi connectivity index (χ0) is 15.9. The monoisotopic (exact) mass is 298 g/mol. The van der Waals surface area contributed by atoms with Crippen LogP contribution in [0.5, 0.6) is 0 Å². The van der Waals surface area contributed by atoms with Crippen molar-refractivity contribution < 1.29 is 19.5 Å². The fraction of sp³-hybridized carbons (Fsp3) is 0.769. The van der Waals surface area contributed by atoms with Crippen molar-refractivity contribution in [3.05, 3.63) is 0 Å². The number of nitrogens with two attached hydrogens (primary N) is 2. The van der Waals surface area contributed by atoms with Crippen LogP contribution in [0.1, 0.15) is 26.7 Å². The number of nitrogens with zero attached hydrogens (tertiary/aromatic N) is 2. The molecule has 1 spiro atoms. The highest BCUT2D eigenvalue weighted by Crippen LogP contribution is 2.40. The van der Waals surface area contributed by atoms with Crippen LogP contribution in [0.15, 0.2) is 0 Å². The van der Waals surface area contributed by atoms with Crippen LogP contribution in [0, 0.1) is 5.92 Å². The van der Waals surface area contributed by atoms with Gasteiger partial charge in [0.05, 0.1) is 6.54 Å². The summed E-state index contributed by atoms with van der Waals surface area (Å²) in [4.78, 5) is 38.9. The van der Waals surface area contributed by atoms with Gasteiger partial charge in [-0.25, -0.2) is 0 Å². The van der Waals surface area contributed by atoms with Crippen LogP contribution in [0.4, 0.5) is 0 Å². The molecule has 0 bridgehead atoms. The number of aliphatic hydroxyl groups excluding tert-OH is 1. The number of β-lactam (4-membered cyclic amide) rings is 1. The molecule has 2 aliphatic heterocycles. The number of likely N-dealkylation sites (tertiary alicyclic amines) is 2. The molecule has 3 atom stereocenters. The summed E-state index contributed by atoms with van der Waals surface area (Å²) in [7, 11) is 0. The molecule has 2 fully saturated rings. The second kappa shape index (κ2) is 5.27. The quantitative estimate of drug-likeness (QED) is 0.407. The van der Waals surface area contributed by atoms with Gasteiger partial charge >= 0.3 is 0 Å². The fourth-order valence-corrected chi connectivity index (χ4v) is 3.23. The summed E-state index contributed by atoms with van der Waals surface area (Å²) < 4.78 is 0. The molecule has 8 nitrogen and oxygen atoms in total. The second-order valence-corrected chi connectivity index (χ2v) is 6.05. The largest absolute Gasteiger partial charge is 0.376 e. The molecule has 118 valence electrons. The third-order valence-electron chi connectivity index (χ3n) is 4.29. The van der Waals surface area contributed by atoms with Gasteiger partial charge in [-0.1, -0.05) is 13.8 Å². The van der Waals surface area contributed by atoms with Crippen molar-refractivity contribution in [2.75, 3.05) is 13.1 Å². The predicted molar refractivity (Wildman–Crippen MR) is 73.4 cm³/mol. The number of carbonyl (C=O) groups excluding carboxylic acids is 3. The average Bonchev–Trinajstić information content (AvgIpc) is 2.82. The maximum atomic E-state index is 12.5. The van der Waals surface area contributed by atoms with Gasteiger partial charge < -0.3 is 26.4 Å². The van der Waals surface area contributed by atoms with Crippen LogP contribution in [-0.2, 0) is 14.4 Å². The first kappa shape index (κ1) is 15.7. The van der Waals surface area contributed by atoms with E-state index in [-0.39, 0.29) is 24.3 Å². The molecule has 0 saturated carbocycles. The minimum atomic E-state index is -1.53. The Hall–Kier alpha value is -1.67. The van der Waals surface area contributed by atoms with Gasteiger partial charge in [-0.15, -0.1) is 0 Å². The van der Waals surface area contributed by atoms with Gasteiger partial charge in [0.1, 0.15) is 17.8 Å². The number of amides is 3. The molecule has 1 unspecified atom stereocenters. The third-order valence-corrected chi connectivity index (χ3v) is 4.29. The summed E-state index contributed by atoms with van der Waals surface area (Å²) in [6.07, 6.45) is -0.225. The van der Waals surface area contributed by atoms with Crippen molar-refractivity contribution in [3.63, 3.8) is 0 Å². The molecule has 5 N–H and O–H groups in total. The van der Waals surface area contributed by atoms with Crippen molar-refractivity contribution in [3.8, 4) is 0 Å². The normalized spacial score (nSPS) is 28.0. The van der Waals surface area contributed by atoms with E-state index in [1.807, 2.05) is 0 Å². The van der Waals surface area contributed by atoms with Gasteiger partial charge in [-0.3, -0.25) is 14.4 Å². The molecular weight excluding hydrogens is 276 g/mol. The van der Waals surface area contributed by atoms with E-state index in [4.69, 9.17) is 11.5 Å². The van der Waals surface area contributed by atoms with E-state index in [1.165, 1.54) is 4.90 Å². The highest BCUT2D eigenvalue weighted by Gasteiger charge is 2.62. The first-order valence-electron chi connectivity index (χ1n) is 7.08. The lowest BCUT2D eigenvalue weighted by Gasteiger charge is -2.53. The number of aliphatic hydroxyl groups is 1. The van der Waals surface area contributed by atoms with E-state index in [9.17, 15) is 19.5 Å². The Balaban J connectivity index is 2.20. The Bertz CT molecular complexity index is 479. The second-order valence-electron chi connectivity index (χ2n) is 6.05. The molecule has 0 aliphatic carbocycles. The fourth-order valence-electron chi connectivity index (χ4n) is 3.23. The van der Waals surface area contributed by atoms with E-state index in [0.717, 1.165) is 6.42 Å². The minimum absolute atomic E-state index is 0.0792. The molecular formula is C13H22N4O4. The Labute approximate surface area is 123 Å². The average molecular weight is 298 g/mol. The Kier molecular flexibility index (Phi) is 3.94. The first-order valence-corrected chi connectivity index (χ1v) is 7.08. The van der Waals surface area contributed by atoms with E-state index in [2.05, 4.69) is 0 Å². The Morgan fingerprint density at radius 3 is 2.43 bits per heavy atom. The molecule has 8 heteroatoms. The van der Waals surface area contributed by atoms with E-state index in [1.54, 1.807) is 18.7 Å². The molecule has 0 radical (unpaired) electrons. The Morgan fingerprint density at radius 1 is 1.38 bits per heavy atom. The molecule has 2 saturated heterocycles. The molecule has 2 rings (SSSR count). The molecule has 3 amide bonds. The van der Waals surface area contributed by atoms with Gasteiger partial charge in [0.25, 0.3) is 5.91 Å². The molecule has 2 heterocycles. The van der Waals surface area contributed by atoms with Crippen LogP contribution in [0.25, 0.3) is 0 Å². The first-order chi connectivity index (χ1) is 9.72. The standard InChI is InChI=1S/C13H22N4O4/c1-7(2)11(20)17-5-3-4-13(17)6-16(12(13)21)8(9(14)18)10(15)19/h7-9,18H,3-6,14H2,1-2H3,(H2,15,19)/t8-,9-,13?/m0/s1. The number of carbonyl (C=O) groups is 3.